The molecule has 1 aromatic carbocycles. The molecule has 0 bridgehead atoms. The molecule has 0 saturated heterocycles. The number of hydrogen-bond donors (Lipinski definition) is 0. The van der Waals surface area contributed by atoms with Crippen LogP contribution in [0.2, 0.25) is 5.02 Å². The van der Waals surface area contributed by atoms with Crippen molar-refractivity contribution in [2.24, 2.45) is 0 Å². The van der Waals surface area contributed by atoms with Crippen molar-refractivity contribution in [2.45, 2.75) is 5.92 Å². The molecule has 0 N–H and O–H groups in total. The topological polar surface area (TPSA) is 53.8 Å². The van der Waals surface area contributed by atoms with Gasteiger partial charge in [-0.1, -0.05) is 29.8 Å². The fourth-order valence-corrected chi connectivity index (χ4v) is 1.85. The Morgan fingerprint density at radius 2 is 1.94 bits per heavy atom. The van der Waals surface area contributed by atoms with Crippen LogP contribution in [-0.4, -0.2) is 10.8 Å². The Balaban J connectivity index is 2.39. The zero-order chi connectivity index (χ0) is 13.0. The minimum absolute atomic E-state index is 0.332. The van der Waals surface area contributed by atoms with Crippen LogP contribution in [0.25, 0.3) is 0 Å². The van der Waals surface area contributed by atoms with Crippen LogP contribution in [0, 0.1) is 11.3 Å². The summed E-state index contributed by atoms with van der Waals surface area (Å²) >= 11 is 5.96. The summed E-state index contributed by atoms with van der Waals surface area (Å²) in [5.41, 5.74) is 0.779. The average molecular weight is 257 g/mol. The van der Waals surface area contributed by atoms with Crippen molar-refractivity contribution in [2.75, 3.05) is 0 Å². The number of carbonyl (C=O) groups is 1. The highest BCUT2D eigenvalue weighted by Crippen LogP contribution is 2.23. The third-order valence-corrected chi connectivity index (χ3v) is 2.84. The summed E-state index contributed by atoms with van der Waals surface area (Å²) in [7, 11) is 0. The van der Waals surface area contributed by atoms with E-state index in [2.05, 4.69) is 4.98 Å². The molecule has 2 rings (SSSR count). The molecule has 1 unspecified atom stereocenters. The van der Waals surface area contributed by atoms with Gasteiger partial charge in [-0.3, -0.25) is 9.78 Å². The van der Waals surface area contributed by atoms with Crippen LogP contribution in [0.4, 0.5) is 0 Å². The van der Waals surface area contributed by atoms with Crippen molar-refractivity contribution >= 4 is 17.4 Å². The second kappa shape index (κ2) is 5.44. The number of nitrogens with zero attached hydrogens (tertiary/aromatic N) is 2. The summed E-state index contributed by atoms with van der Waals surface area (Å²) in [6.07, 6.45) is 1.56. The van der Waals surface area contributed by atoms with Gasteiger partial charge in [-0.2, -0.15) is 5.26 Å². The summed E-state index contributed by atoms with van der Waals surface area (Å²) in [6, 6.07) is 13.8. The largest absolute Gasteiger partial charge is 0.292 e. The Hall–Kier alpha value is -2.18. The number of pyridine rings is 1. The quantitative estimate of drug-likeness (QED) is 0.793. The third kappa shape index (κ3) is 2.39. The maximum Gasteiger partial charge on any atom is 0.187 e. The number of benzene rings is 1. The van der Waals surface area contributed by atoms with Crippen LogP contribution in [-0.2, 0) is 0 Å². The number of carbonyl (C=O) groups excluding carboxylic acids is 1. The maximum atomic E-state index is 12.3. The van der Waals surface area contributed by atoms with E-state index in [4.69, 9.17) is 16.9 Å². The van der Waals surface area contributed by atoms with E-state index in [0.29, 0.717) is 16.3 Å². The maximum absolute atomic E-state index is 12.3. The highest BCUT2D eigenvalue weighted by molar-refractivity contribution is 6.34. The van der Waals surface area contributed by atoms with Crippen molar-refractivity contribution in [1.82, 2.24) is 4.98 Å². The Kier molecular flexibility index (Phi) is 3.71. The molecule has 1 heterocycles. The standard InChI is InChI=1S/C14H9ClN2O/c15-12-6-2-1-5-10(12)14(18)11(9-16)13-7-3-4-8-17-13/h1-8,11H. The van der Waals surface area contributed by atoms with Gasteiger partial charge in [0.25, 0.3) is 0 Å². The molecule has 4 heteroatoms. The first-order valence-corrected chi connectivity index (χ1v) is 5.71. The van der Waals surface area contributed by atoms with Gasteiger partial charge in [0.15, 0.2) is 11.7 Å². The van der Waals surface area contributed by atoms with Gasteiger partial charge in [-0.15, -0.1) is 0 Å². The van der Waals surface area contributed by atoms with E-state index in [9.17, 15) is 4.79 Å². The molecule has 0 fully saturated rings. The minimum Gasteiger partial charge on any atom is -0.292 e. The van der Waals surface area contributed by atoms with Gasteiger partial charge in [-0.05, 0) is 24.3 Å². The zero-order valence-electron chi connectivity index (χ0n) is 9.38. The van der Waals surface area contributed by atoms with Gasteiger partial charge >= 0.3 is 0 Å². The van der Waals surface area contributed by atoms with E-state index in [0.717, 1.165) is 0 Å². The number of nitriles is 1. The number of Topliss-reactive ketones (excluding diaryl/α,β-unsaturated/α-hetero) is 1. The molecule has 0 aliphatic heterocycles. The summed E-state index contributed by atoms with van der Waals surface area (Å²) in [6.45, 7) is 0. The number of halogens is 1. The molecule has 0 spiro atoms. The lowest BCUT2D eigenvalue weighted by Gasteiger charge is -2.08. The molecule has 0 radical (unpaired) electrons. The van der Waals surface area contributed by atoms with Gasteiger partial charge < -0.3 is 0 Å². The summed E-state index contributed by atoms with van der Waals surface area (Å²) < 4.78 is 0. The van der Waals surface area contributed by atoms with Crippen LogP contribution in [0.5, 0.6) is 0 Å². The molecule has 3 nitrogen and oxygen atoms in total. The fraction of sp³-hybridized carbons (Fsp3) is 0.0714. The SMILES string of the molecule is N#CC(C(=O)c1ccccc1Cl)c1ccccn1. The van der Waals surface area contributed by atoms with Crippen LogP contribution >= 0.6 is 11.6 Å². The van der Waals surface area contributed by atoms with Crippen molar-refractivity contribution in [1.29, 1.82) is 5.26 Å². The van der Waals surface area contributed by atoms with Gasteiger partial charge in [-0.25, -0.2) is 0 Å². The zero-order valence-corrected chi connectivity index (χ0v) is 10.1. The molecule has 0 saturated carbocycles. The van der Waals surface area contributed by atoms with Crippen LogP contribution in [0.3, 0.4) is 0 Å². The molecule has 1 atom stereocenters. The highest BCUT2D eigenvalue weighted by Gasteiger charge is 2.24. The normalized spacial score (nSPS) is 11.6. The van der Waals surface area contributed by atoms with E-state index in [1.807, 2.05) is 6.07 Å². The lowest BCUT2D eigenvalue weighted by atomic mass is 9.95. The first-order valence-electron chi connectivity index (χ1n) is 5.33. The highest BCUT2D eigenvalue weighted by atomic mass is 35.5. The fourth-order valence-electron chi connectivity index (χ4n) is 1.62. The lowest BCUT2D eigenvalue weighted by Crippen LogP contribution is -2.13. The van der Waals surface area contributed by atoms with E-state index in [1.165, 1.54) is 0 Å². The van der Waals surface area contributed by atoms with Crippen LogP contribution in [0.1, 0.15) is 22.0 Å². The predicted octanol–water partition coefficient (Wildman–Crippen LogP) is 3.23. The van der Waals surface area contributed by atoms with Gasteiger partial charge in [0, 0.05) is 11.8 Å². The smallest absolute Gasteiger partial charge is 0.187 e. The molecule has 0 aliphatic rings. The van der Waals surface area contributed by atoms with Gasteiger partial charge in [0.2, 0.25) is 0 Å². The first kappa shape index (κ1) is 12.3. The monoisotopic (exact) mass is 256 g/mol. The number of aromatic nitrogens is 1. The molecule has 0 aliphatic carbocycles. The molecule has 0 amide bonds. The van der Waals surface area contributed by atoms with Gasteiger partial charge in [0.05, 0.1) is 16.8 Å². The summed E-state index contributed by atoms with van der Waals surface area (Å²) in [5.74, 6) is -1.26. The van der Waals surface area contributed by atoms with Crippen molar-refractivity contribution in [3.8, 4) is 6.07 Å². The number of ketones is 1. The van der Waals surface area contributed by atoms with Gasteiger partial charge in [0.1, 0.15) is 0 Å². The Morgan fingerprint density at radius 3 is 2.56 bits per heavy atom. The second-order valence-electron chi connectivity index (χ2n) is 3.66. The molecular weight excluding hydrogens is 248 g/mol. The Morgan fingerprint density at radius 1 is 1.22 bits per heavy atom. The van der Waals surface area contributed by atoms with E-state index in [-0.39, 0.29) is 5.78 Å². The van der Waals surface area contributed by atoms with Crippen LogP contribution in [0.15, 0.2) is 48.7 Å². The van der Waals surface area contributed by atoms with Crippen LogP contribution < -0.4 is 0 Å². The third-order valence-electron chi connectivity index (χ3n) is 2.51. The molecule has 88 valence electrons. The Bertz CT molecular complexity index is 605. The van der Waals surface area contributed by atoms with E-state index in [1.54, 1.807) is 48.7 Å². The summed E-state index contributed by atoms with van der Waals surface area (Å²) in [5, 5.41) is 9.49. The molecular formula is C14H9ClN2O. The predicted molar refractivity (Wildman–Crippen MR) is 68.4 cm³/mol. The van der Waals surface area contributed by atoms with Crippen molar-refractivity contribution < 1.29 is 4.79 Å². The molecule has 1 aromatic heterocycles. The number of hydrogen-bond acceptors (Lipinski definition) is 3. The summed E-state index contributed by atoms with van der Waals surface area (Å²) in [4.78, 5) is 16.3. The van der Waals surface area contributed by atoms with E-state index >= 15 is 0 Å². The molecule has 18 heavy (non-hydrogen) atoms. The van der Waals surface area contributed by atoms with Crippen molar-refractivity contribution in [3.05, 3.63) is 64.9 Å². The molecule has 2 aromatic rings. The Labute approximate surface area is 110 Å². The average Bonchev–Trinajstić information content (AvgIpc) is 2.41. The number of rotatable bonds is 3. The minimum atomic E-state index is -0.925. The van der Waals surface area contributed by atoms with E-state index < -0.39 is 5.92 Å². The lowest BCUT2D eigenvalue weighted by molar-refractivity contribution is 0.0978. The second-order valence-corrected chi connectivity index (χ2v) is 4.07. The first-order chi connectivity index (χ1) is 8.74. The van der Waals surface area contributed by atoms with Crippen molar-refractivity contribution in [3.63, 3.8) is 0 Å².